The van der Waals surface area contributed by atoms with Gasteiger partial charge in [-0.05, 0) is 18.6 Å². The molecule has 0 spiro atoms. The van der Waals surface area contributed by atoms with Crippen LogP contribution < -0.4 is 10.2 Å². The van der Waals surface area contributed by atoms with Crippen LogP contribution in [0.2, 0.25) is 0 Å². The van der Waals surface area contributed by atoms with Gasteiger partial charge in [0.1, 0.15) is 5.58 Å². The minimum absolute atomic E-state index is 0.789. The summed E-state index contributed by atoms with van der Waals surface area (Å²) >= 11 is 0. The van der Waals surface area contributed by atoms with E-state index in [-0.39, 0.29) is 0 Å². The molecule has 2 heterocycles. The van der Waals surface area contributed by atoms with E-state index in [1.54, 1.807) is 0 Å². The molecule has 0 aliphatic carbocycles. The number of hydrogen-bond donors (Lipinski definition) is 1. The summed E-state index contributed by atoms with van der Waals surface area (Å²) in [5.74, 6) is 0. The molecule has 1 aromatic heterocycles. The van der Waals surface area contributed by atoms with Gasteiger partial charge in [-0.1, -0.05) is 30.3 Å². The molecule has 0 saturated heterocycles. The number of furan rings is 1. The van der Waals surface area contributed by atoms with E-state index in [0.29, 0.717) is 0 Å². The highest BCUT2D eigenvalue weighted by molar-refractivity contribution is 6.09. The Kier molecular flexibility index (Phi) is 2.09. The molecule has 0 radical (unpaired) electrons. The monoisotopic (exact) mass is 250 g/mol. The maximum Gasteiger partial charge on any atom is 0.159 e. The fourth-order valence-corrected chi connectivity index (χ4v) is 2.73. The number of nitrogens with zero attached hydrogens (tertiary/aromatic N) is 1. The summed E-state index contributed by atoms with van der Waals surface area (Å²) in [7, 11) is 0. The normalized spacial score (nSPS) is 14.5. The molecule has 94 valence electrons. The third kappa shape index (κ3) is 1.45. The van der Waals surface area contributed by atoms with Gasteiger partial charge in [-0.2, -0.15) is 0 Å². The highest BCUT2D eigenvalue weighted by Crippen LogP contribution is 2.37. The number of nitrogens with one attached hydrogen (secondary N) is 1. The summed E-state index contributed by atoms with van der Waals surface area (Å²) in [5, 5.41) is 5.55. The van der Waals surface area contributed by atoms with Gasteiger partial charge in [-0.25, -0.2) is 0 Å². The maximum absolute atomic E-state index is 6.07. The van der Waals surface area contributed by atoms with Crippen molar-refractivity contribution in [2.24, 2.45) is 0 Å². The zero-order chi connectivity index (χ0) is 12.8. The second-order valence-electron chi connectivity index (χ2n) is 4.85. The van der Waals surface area contributed by atoms with E-state index in [1.807, 2.05) is 24.4 Å². The average Bonchev–Trinajstić information content (AvgIpc) is 3.05. The molecule has 0 saturated carbocycles. The molecule has 3 nitrogen and oxygen atoms in total. The topological polar surface area (TPSA) is 28.4 Å². The average molecular weight is 250 g/mol. The SMILES string of the molecule is Cc1ccc2c(oc3ccccc32)c1N1C=CNC1. The van der Waals surface area contributed by atoms with Crippen molar-refractivity contribution in [3.05, 3.63) is 54.4 Å². The molecule has 3 aromatic rings. The molecule has 0 fully saturated rings. The van der Waals surface area contributed by atoms with Gasteiger partial charge in [-0.15, -0.1) is 0 Å². The van der Waals surface area contributed by atoms with E-state index >= 15 is 0 Å². The first kappa shape index (κ1) is 10.5. The lowest BCUT2D eigenvalue weighted by molar-refractivity contribution is 0.667. The van der Waals surface area contributed by atoms with Crippen LogP contribution in [0.1, 0.15) is 5.56 Å². The van der Waals surface area contributed by atoms with E-state index in [4.69, 9.17) is 4.42 Å². The Hall–Kier alpha value is -2.42. The van der Waals surface area contributed by atoms with Crippen molar-refractivity contribution < 1.29 is 4.42 Å². The summed E-state index contributed by atoms with van der Waals surface area (Å²) in [5.41, 5.74) is 4.28. The second kappa shape index (κ2) is 3.79. The molecular formula is C16H14N2O. The van der Waals surface area contributed by atoms with Crippen molar-refractivity contribution >= 4 is 27.6 Å². The zero-order valence-electron chi connectivity index (χ0n) is 10.7. The number of fused-ring (bicyclic) bond motifs is 3. The number of anilines is 1. The summed E-state index contributed by atoms with van der Waals surface area (Å²) < 4.78 is 6.07. The van der Waals surface area contributed by atoms with E-state index in [0.717, 1.165) is 23.5 Å². The summed E-state index contributed by atoms with van der Waals surface area (Å²) in [6.07, 6.45) is 4.01. The minimum Gasteiger partial charge on any atom is -0.454 e. The van der Waals surface area contributed by atoms with Crippen LogP contribution in [0.3, 0.4) is 0 Å². The van der Waals surface area contributed by atoms with Crippen LogP contribution in [-0.2, 0) is 0 Å². The van der Waals surface area contributed by atoms with Gasteiger partial charge in [0, 0.05) is 23.2 Å². The predicted molar refractivity (Wildman–Crippen MR) is 78.1 cm³/mol. The van der Waals surface area contributed by atoms with Crippen LogP contribution in [-0.4, -0.2) is 6.67 Å². The number of benzene rings is 2. The summed E-state index contributed by atoms with van der Waals surface area (Å²) in [6, 6.07) is 12.5. The van der Waals surface area contributed by atoms with Gasteiger partial charge in [0.2, 0.25) is 0 Å². The highest BCUT2D eigenvalue weighted by atomic mass is 16.3. The second-order valence-corrected chi connectivity index (χ2v) is 4.85. The maximum atomic E-state index is 6.07. The first-order valence-corrected chi connectivity index (χ1v) is 6.42. The van der Waals surface area contributed by atoms with E-state index in [1.165, 1.54) is 16.3 Å². The molecule has 2 aromatic carbocycles. The molecule has 0 bridgehead atoms. The molecule has 1 aliphatic heterocycles. The Balaban J connectivity index is 2.10. The fraction of sp³-hybridized carbons (Fsp3) is 0.125. The highest BCUT2D eigenvalue weighted by Gasteiger charge is 2.17. The van der Waals surface area contributed by atoms with Gasteiger partial charge in [0.15, 0.2) is 5.58 Å². The van der Waals surface area contributed by atoms with Crippen LogP contribution in [0.5, 0.6) is 0 Å². The third-order valence-corrected chi connectivity index (χ3v) is 3.64. The Morgan fingerprint density at radius 2 is 2.00 bits per heavy atom. The van der Waals surface area contributed by atoms with Crippen LogP contribution in [0.15, 0.2) is 53.2 Å². The van der Waals surface area contributed by atoms with Crippen molar-refractivity contribution in [1.82, 2.24) is 5.32 Å². The van der Waals surface area contributed by atoms with Crippen LogP contribution in [0.4, 0.5) is 5.69 Å². The Bertz CT molecular complexity index is 801. The fourth-order valence-electron chi connectivity index (χ4n) is 2.73. The molecule has 4 rings (SSSR count). The van der Waals surface area contributed by atoms with Crippen LogP contribution >= 0.6 is 0 Å². The smallest absolute Gasteiger partial charge is 0.159 e. The summed E-state index contributed by atoms with van der Waals surface area (Å²) in [6.45, 7) is 2.91. The molecule has 1 aliphatic rings. The van der Waals surface area contributed by atoms with Gasteiger partial charge >= 0.3 is 0 Å². The summed E-state index contributed by atoms with van der Waals surface area (Å²) in [4.78, 5) is 2.18. The zero-order valence-corrected chi connectivity index (χ0v) is 10.7. The first-order valence-electron chi connectivity index (χ1n) is 6.42. The molecule has 3 heteroatoms. The molecule has 0 atom stereocenters. The Labute approximate surface area is 111 Å². The van der Waals surface area contributed by atoms with Gasteiger partial charge in [0.25, 0.3) is 0 Å². The lowest BCUT2D eigenvalue weighted by atomic mass is 10.1. The Morgan fingerprint density at radius 3 is 2.84 bits per heavy atom. The molecule has 0 amide bonds. The van der Waals surface area contributed by atoms with E-state index in [9.17, 15) is 0 Å². The van der Waals surface area contributed by atoms with Gasteiger partial charge < -0.3 is 14.6 Å². The Morgan fingerprint density at radius 1 is 1.11 bits per heavy atom. The quantitative estimate of drug-likeness (QED) is 0.713. The van der Waals surface area contributed by atoms with Gasteiger partial charge in [-0.3, -0.25) is 0 Å². The molecular weight excluding hydrogens is 236 g/mol. The van der Waals surface area contributed by atoms with Crippen molar-refractivity contribution in [3.63, 3.8) is 0 Å². The third-order valence-electron chi connectivity index (χ3n) is 3.64. The van der Waals surface area contributed by atoms with Crippen molar-refractivity contribution in [2.75, 3.05) is 11.6 Å². The number of para-hydroxylation sites is 1. The predicted octanol–water partition coefficient (Wildman–Crippen LogP) is 3.73. The van der Waals surface area contributed by atoms with Crippen molar-refractivity contribution in [2.45, 2.75) is 6.92 Å². The minimum atomic E-state index is 0.789. The van der Waals surface area contributed by atoms with Crippen molar-refractivity contribution in [3.8, 4) is 0 Å². The standard InChI is InChI=1S/C16H14N2O/c1-11-6-7-13-12-4-2-3-5-14(12)19-16(13)15(11)18-9-8-17-10-18/h2-9,17H,10H2,1H3. The van der Waals surface area contributed by atoms with Crippen LogP contribution in [0.25, 0.3) is 21.9 Å². The molecule has 0 unspecified atom stereocenters. The number of aryl methyl sites for hydroxylation is 1. The van der Waals surface area contributed by atoms with Gasteiger partial charge in [0.05, 0.1) is 12.4 Å². The lowest BCUT2D eigenvalue weighted by Crippen LogP contribution is -2.20. The molecule has 1 N–H and O–H groups in total. The lowest BCUT2D eigenvalue weighted by Gasteiger charge is -2.17. The first-order chi connectivity index (χ1) is 9.34. The van der Waals surface area contributed by atoms with E-state index < -0.39 is 0 Å². The van der Waals surface area contributed by atoms with Crippen molar-refractivity contribution in [1.29, 1.82) is 0 Å². The number of hydrogen-bond acceptors (Lipinski definition) is 3. The van der Waals surface area contributed by atoms with E-state index in [2.05, 4.69) is 41.5 Å². The largest absolute Gasteiger partial charge is 0.454 e. The number of rotatable bonds is 1. The molecule has 19 heavy (non-hydrogen) atoms. The van der Waals surface area contributed by atoms with Crippen LogP contribution in [0, 0.1) is 6.92 Å².